The second-order valence-electron chi connectivity index (χ2n) is 3.54. The predicted octanol–water partition coefficient (Wildman–Crippen LogP) is 1.73. The zero-order valence-corrected chi connectivity index (χ0v) is 11.6. The molecule has 0 aliphatic carbocycles. The third-order valence-corrected chi connectivity index (χ3v) is 2.33. The van der Waals surface area contributed by atoms with Crippen molar-refractivity contribution in [2.75, 3.05) is 20.3 Å². The molecule has 20 heavy (non-hydrogen) atoms. The Bertz CT molecular complexity index is 458. The van der Waals surface area contributed by atoms with Crippen molar-refractivity contribution in [2.24, 2.45) is 5.10 Å². The summed E-state index contributed by atoms with van der Waals surface area (Å²) in [5, 5.41) is 7.00. The number of benzene rings is 1. The fraction of sp³-hybridized carbons (Fsp3) is 0.333. The minimum atomic E-state index is -2.88. The SMILES string of the molecule is COCCNC(=S)NN=Cc1ccccc1OC(F)F. The fourth-order valence-electron chi connectivity index (χ4n) is 1.26. The molecule has 0 atom stereocenters. The quantitative estimate of drug-likeness (QED) is 0.348. The molecule has 0 aliphatic rings. The van der Waals surface area contributed by atoms with Gasteiger partial charge >= 0.3 is 6.61 Å². The Balaban J connectivity index is 2.51. The molecule has 2 N–H and O–H groups in total. The highest BCUT2D eigenvalue weighted by Gasteiger charge is 2.07. The van der Waals surface area contributed by atoms with Gasteiger partial charge in [-0.05, 0) is 24.4 Å². The van der Waals surface area contributed by atoms with Crippen molar-refractivity contribution in [3.8, 4) is 5.75 Å². The van der Waals surface area contributed by atoms with Crippen molar-refractivity contribution in [3.63, 3.8) is 0 Å². The van der Waals surface area contributed by atoms with Crippen LogP contribution in [0.2, 0.25) is 0 Å². The number of rotatable bonds is 7. The molecule has 0 amide bonds. The number of ether oxygens (including phenoxy) is 2. The molecule has 1 aromatic carbocycles. The maximum absolute atomic E-state index is 12.2. The van der Waals surface area contributed by atoms with E-state index in [1.165, 1.54) is 12.3 Å². The van der Waals surface area contributed by atoms with Crippen LogP contribution in [0.1, 0.15) is 5.56 Å². The van der Waals surface area contributed by atoms with Gasteiger partial charge in [0.2, 0.25) is 0 Å². The standard InChI is InChI=1S/C12H15F2N3O2S/c1-18-7-6-15-12(20)17-16-8-9-4-2-3-5-10(9)19-11(13)14/h2-5,8,11H,6-7H2,1H3,(H2,15,17,20). The first kappa shape index (κ1) is 16.3. The molecule has 0 unspecified atom stereocenters. The van der Waals surface area contributed by atoms with E-state index in [-0.39, 0.29) is 5.75 Å². The van der Waals surface area contributed by atoms with Gasteiger partial charge in [-0.15, -0.1) is 0 Å². The van der Waals surface area contributed by atoms with E-state index >= 15 is 0 Å². The van der Waals surface area contributed by atoms with Gasteiger partial charge in [0.15, 0.2) is 5.11 Å². The van der Waals surface area contributed by atoms with Crippen LogP contribution >= 0.6 is 12.2 Å². The van der Waals surface area contributed by atoms with E-state index in [1.54, 1.807) is 25.3 Å². The van der Waals surface area contributed by atoms with Crippen molar-refractivity contribution in [1.82, 2.24) is 10.7 Å². The largest absolute Gasteiger partial charge is 0.434 e. The average Bonchev–Trinajstić information content (AvgIpc) is 2.40. The second-order valence-corrected chi connectivity index (χ2v) is 3.94. The first-order valence-electron chi connectivity index (χ1n) is 5.73. The zero-order valence-electron chi connectivity index (χ0n) is 10.8. The third kappa shape index (κ3) is 6.39. The molecule has 0 spiro atoms. The van der Waals surface area contributed by atoms with Crippen LogP contribution in [0.15, 0.2) is 29.4 Å². The molecule has 8 heteroatoms. The second kappa shape index (κ2) is 9.16. The van der Waals surface area contributed by atoms with E-state index < -0.39 is 6.61 Å². The van der Waals surface area contributed by atoms with Crippen LogP contribution in [0, 0.1) is 0 Å². The number of nitrogens with zero attached hydrogens (tertiary/aromatic N) is 1. The molecule has 1 rings (SSSR count). The molecule has 1 aromatic rings. The van der Waals surface area contributed by atoms with Gasteiger partial charge in [0, 0.05) is 19.2 Å². The van der Waals surface area contributed by atoms with Crippen molar-refractivity contribution in [1.29, 1.82) is 0 Å². The highest BCUT2D eigenvalue weighted by Crippen LogP contribution is 2.18. The summed E-state index contributed by atoms with van der Waals surface area (Å²) >= 11 is 4.94. The number of hydrogen-bond donors (Lipinski definition) is 2. The Morgan fingerprint density at radius 1 is 1.45 bits per heavy atom. The lowest BCUT2D eigenvalue weighted by Gasteiger charge is -2.08. The Morgan fingerprint density at radius 3 is 2.90 bits per heavy atom. The molecule has 0 aromatic heterocycles. The van der Waals surface area contributed by atoms with Crippen LogP contribution in [0.4, 0.5) is 8.78 Å². The number of para-hydroxylation sites is 1. The number of thiocarbonyl (C=S) groups is 1. The summed E-state index contributed by atoms with van der Waals surface area (Å²) in [6.45, 7) is -1.83. The molecule has 0 fully saturated rings. The molecule has 110 valence electrons. The van der Waals surface area contributed by atoms with Gasteiger partial charge in [0.05, 0.1) is 12.8 Å². The average molecular weight is 303 g/mol. The molecule has 0 heterocycles. The van der Waals surface area contributed by atoms with Crippen LogP contribution in [0.5, 0.6) is 5.75 Å². The molecule has 0 bridgehead atoms. The van der Waals surface area contributed by atoms with Gasteiger partial charge in [-0.1, -0.05) is 12.1 Å². The summed E-state index contributed by atoms with van der Waals surface area (Å²) in [5.41, 5.74) is 2.98. The normalized spacial score (nSPS) is 10.8. The van der Waals surface area contributed by atoms with Crippen LogP contribution in [0.25, 0.3) is 0 Å². The number of hydrazone groups is 1. The van der Waals surface area contributed by atoms with Crippen LogP contribution in [-0.4, -0.2) is 38.2 Å². The maximum atomic E-state index is 12.2. The van der Waals surface area contributed by atoms with Gasteiger partial charge < -0.3 is 14.8 Å². The number of methoxy groups -OCH3 is 1. The van der Waals surface area contributed by atoms with Gasteiger partial charge in [-0.3, -0.25) is 5.43 Å². The van der Waals surface area contributed by atoms with Gasteiger partial charge in [0.25, 0.3) is 0 Å². The number of nitrogens with one attached hydrogen (secondary N) is 2. The van der Waals surface area contributed by atoms with E-state index in [1.807, 2.05) is 0 Å². The highest BCUT2D eigenvalue weighted by molar-refractivity contribution is 7.80. The monoisotopic (exact) mass is 303 g/mol. The maximum Gasteiger partial charge on any atom is 0.387 e. The van der Waals surface area contributed by atoms with E-state index in [0.29, 0.717) is 23.8 Å². The van der Waals surface area contributed by atoms with E-state index in [4.69, 9.17) is 17.0 Å². The van der Waals surface area contributed by atoms with Crippen molar-refractivity contribution >= 4 is 23.5 Å². The van der Waals surface area contributed by atoms with Crippen molar-refractivity contribution < 1.29 is 18.3 Å². The van der Waals surface area contributed by atoms with E-state index in [0.717, 1.165) is 0 Å². The smallest absolute Gasteiger partial charge is 0.387 e. The minimum Gasteiger partial charge on any atom is -0.434 e. The van der Waals surface area contributed by atoms with Crippen LogP contribution in [0.3, 0.4) is 0 Å². The fourth-order valence-corrected chi connectivity index (χ4v) is 1.41. The summed E-state index contributed by atoms with van der Waals surface area (Å²) in [6, 6.07) is 6.32. The van der Waals surface area contributed by atoms with Crippen molar-refractivity contribution in [2.45, 2.75) is 6.61 Å². The van der Waals surface area contributed by atoms with Crippen molar-refractivity contribution in [3.05, 3.63) is 29.8 Å². The summed E-state index contributed by atoms with van der Waals surface area (Å²) in [7, 11) is 1.58. The summed E-state index contributed by atoms with van der Waals surface area (Å²) < 4.78 is 33.6. The first-order valence-corrected chi connectivity index (χ1v) is 6.14. The lowest BCUT2D eigenvalue weighted by Crippen LogP contribution is -2.34. The molecule has 5 nitrogen and oxygen atoms in total. The van der Waals surface area contributed by atoms with Gasteiger partial charge in [-0.2, -0.15) is 13.9 Å². The molecular formula is C12H15F2N3O2S. The number of alkyl halides is 2. The Kier molecular flexibility index (Phi) is 7.44. The number of halogens is 2. The minimum absolute atomic E-state index is 0.0475. The predicted molar refractivity (Wildman–Crippen MR) is 76.3 cm³/mol. The highest BCUT2D eigenvalue weighted by atomic mass is 32.1. The lowest BCUT2D eigenvalue weighted by molar-refractivity contribution is -0.0499. The topological polar surface area (TPSA) is 54.9 Å². The Labute approximate surface area is 121 Å². The van der Waals surface area contributed by atoms with Gasteiger partial charge in [0.1, 0.15) is 5.75 Å². The van der Waals surface area contributed by atoms with Gasteiger partial charge in [-0.25, -0.2) is 0 Å². The van der Waals surface area contributed by atoms with E-state index in [2.05, 4.69) is 20.6 Å². The molecule has 0 saturated heterocycles. The summed E-state index contributed by atoms with van der Waals surface area (Å²) in [5.74, 6) is 0.0475. The molecular weight excluding hydrogens is 288 g/mol. The lowest BCUT2D eigenvalue weighted by atomic mass is 10.2. The third-order valence-electron chi connectivity index (χ3n) is 2.10. The molecule has 0 aliphatic heterocycles. The van der Waals surface area contributed by atoms with Crippen LogP contribution in [-0.2, 0) is 4.74 Å². The summed E-state index contributed by atoms with van der Waals surface area (Å²) in [4.78, 5) is 0. The Hall–Kier alpha value is -1.80. The first-order chi connectivity index (χ1) is 9.63. The Morgan fingerprint density at radius 2 is 2.20 bits per heavy atom. The zero-order chi connectivity index (χ0) is 14.8. The van der Waals surface area contributed by atoms with Crippen LogP contribution < -0.4 is 15.5 Å². The molecule has 0 saturated carbocycles. The van der Waals surface area contributed by atoms with E-state index in [9.17, 15) is 8.78 Å². The molecule has 0 radical (unpaired) electrons. The summed E-state index contributed by atoms with van der Waals surface area (Å²) in [6.07, 6.45) is 1.35. The number of hydrogen-bond acceptors (Lipinski definition) is 4.